The number of halogens is 1. The Balaban J connectivity index is 1.62. The minimum atomic E-state index is -0.376. The molecule has 0 unspecified atom stereocenters. The third kappa shape index (κ3) is 2.57. The molecule has 0 N–H and O–H groups in total. The number of rotatable bonds is 2. The molecule has 5 rings (SSSR count). The van der Waals surface area contributed by atoms with Crippen molar-refractivity contribution in [2.24, 2.45) is 0 Å². The summed E-state index contributed by atoms with van der Waals surface area (Å²) in [6.45, 7) is 0.658. The summed E-state index contributed by atoms with van der Waals surface area (Å²) in [4.78, 5) is 15.2. The van der Waals surface area contributed by atoms with Crippen LogP contribution in [0.2, 0.25) is 0 Å². The Kier molecular flexibility index (Phi) is 3.90. The Hall–Kier alpha value is -3.54. The number of pyridine rings is 1. The van der Waals surface area contributed by atoms with Crippen LogP contribution in [-0.4, -0.2) is 27.0 Å². The summed E-state index contributed by atoms with van der Waals surface area (Å²) in [6, 6.07) is 17.9. The van der Waals surface area contributed by atoms with Crippen molar-refractivity contribution in [2.75, 3.05) is 11.4 Å². The lowest BCUT2D eigenvalue weighted by Crippen LogP contribution is -2.35. The van der Waals surface area contributed by atoms with Gasteiger partial charge in [0.15, 0.2) is 11.5 Å². The highest BCUT2D eigenvalue weighted by atomic mass is 19.1. The fourth-order valence-electron chi connectivity index (χ4n) is 3.80. The molecule has 1 aliphatic heterocycles. The standard InChI is InChI=1S/C22H17FN4O/c23-18-11-3-2-9-16(18)20-24-25-21-17(10-6-14-27(20)21)22(28)26-13-5-8-15-7-1-4-12-19(15)26/h1-4,6-7,9-12,14H,5,8,13H2. The zero-order chi connectivity index (χ0) is 19.1. The highest BCUT2D eigenvalue weighted by molar-refractivity contribution is 6.10. The molecule has 0 atom stereocenters. The number of aromatic nitrogens is 3. The van der Waals surface area contributed by atoms with Gasteiger partial charge >= 0.3 is 0 Å². The lowest BCUT2D eigenvalue weighted by atomic mass is 10.0. The van der Waals surface area contributed by atoms with Gasteiger partial charge in [0.25, 0.3) is 5.91 Å². The van der Waals surface area contributed by atoms with Crippen molar-refractivity contribution in [2.45, 2.75) is 12.8 Å². The summed E-state index contributed by atoms with van der Waals surface area (Å²) in [5.41, 5.74) is 3.34. The van der Waals surface area contributed by atoms with Gasteiger partial charge in [0.2, 0.25) is 0 Å². The molecule has 0 spiro atoms. The molecule has 0 aliphatic carbocycles. The van der Waals surface area contributed by atoms with Gasteiger partial charge in [0, 0.05) is 18.4 Å². The van der Waals surface area contributed by atoms with Crippen LogP contribution in [0.1, 0.15) is 22.3 Å². The lowest BCUT2D eigenvalue weighted by Gasteiger charge is -2.29. The van der Waals surface area contributed by atoms with Crippen LogP contribution >= 0.6 is 0 Å². The number of aryl methyl sites for hydroxylation is 1. The third-order valence-electron chi connectivity index (χ3n) is 5.14. The van der Waals surface area contributed by atoms with Gasteiger partial charge in [0.05, 0.1) is 11.1 Å². The number of carbonyl (C=O) groups excluding carboxylic acids is 1. The first kappa shape index (κ1) is 16.6. The van der Waals surface area contributed by atoms with Crippen LogP contribution in [0.5, 0.6) is 0 Å². The van der Waals surface area contributed by atoms with Gasteiger partial charge in [-0.25, -0.2) is 4.39 Å². The highest BCUT2D eigenvalue weighted by Gasteiger charge is 2.26. The van der Waals surface area contributed by atoms with E-state index in [0.29, 0.717) is 29.1 Å². The van der Waals surface area contributed by atoms with Gasteiger partial charge < -0.3 is 4.90 Å². The van der Waals surface area contributed by atoms with Gasteiger partial charge in [-0.15, -0.1) is 10.2 Å². The molecular formula is C22H17FN4O. The highest BCUT2D eigenvalue weighted by Crippen LogP contribution is 2.29. The van der Waals surface area contributed by atoms with Crippen LogP contribution in [0.3, 0.4) is 0 Å². The van der Waals surface area contributed by atoms with E-state index in [0.717, 1.165) is 18.5 Å². The second-order valence-corrected chi connectivity index (χ2v) is 6.81. The van der Waals surface area contributed by atoms with E-state index in [1.165, 1.54) is 11.6 Å². The smallest absolute Gasteiger partial charge is 0.262 e. The number of hydrogen-bond donors (Lipinski definition) is 0. The summed E-state index contributed by atoms with van der Waals surface area (Å²) in [6.07, 6.45) is 3.63. The normalized spacial score (nSPS) is 13.5. The fraction of sp³-hybridized carbons (Fsp3) is 0.136. The molecule has 3 heterocycles. The number of benzene rings is 2. The quantitative estimate of drug-likeness (QED) is 0.532. The molecule has 2 aromatic carbocycles. The number of fused-ring (bicyclic) bond motifs is 2. The second kappa shape index (κ2) is 6.56. The van der Waals surface area contributed by atoms with Gasteiger partial charge in [-0.05, 0) is 48.7 Å². The van der Waals surface area contributed by atoms with E-state index in [2.05, 4.69) is 16.3 Å². The molecule has 1 amide bonds. The molecule has 5 nitrogen and oxygen atoms in total. The zero-order valence-electron chi connectivity index (χ0n) is 15.0. The number of amides is 1. The Bertz CT molecular complexity index is 1200. The van der Waals surface area contributed by atoms with Crippen LogP contribution in [0.4, 0.5) is 10.1 Å². The minimum absolute atomic E-state index is 0.120. The van der Waals surface area contributed by atoms with Crippen LogP contribution < -0.4 is 4.90 Å². The van der Waals surface area contributed by atoms with E-state index in [4.69, 9.17) is 0 Å². The lowest BCUT2D eigenvalue weighted by molar-refractivity contribution is 0.0986. The van der Waals surface area contributed by atoms with Gasteiger partial charge in [0.1, 0.15) is 5.82 Å². The SMILES string of the molecule is O=C(c1cccn2c(-c3ccccc3F)nnc12)N1CCCc2ccccc21. The molecular weight excluding hydrogens is 355 g/mol. The first-order valence-electron chi connectivity index (χ1n) is 9.22. The minimum Gasteiger partial charge on any atom is -0.308 e. The van der Waals surface area contributed by atoms with Gasteiger partial charge in [-0.1, -0.05) is 30.3 Å². The van der Waals surface area contributed by atoms with Crippen molar-refractivity contribution in [3.8, 4) is 11.4 Å². The molecule has 0 bridgehead atoms. The first-order chi connectivity index (χ1) is 13.7. The van der Waals surface area contributed by atoms with E-state index >= 15 is 0 Å². The Labute approximate surface area is 161 Å². The van der Waals surface area contributed by atoms with E-state index in [1.54, 1.807) is 45.8 Å². The van der Waals surface area contributed by atoms with Crippen molar-refractivity contribution in [3.05, 3.63) is 83.8 Å². The summed E-state index contributed by atoms with van der Waals surface area (Å²) >= 11 is 0. The van der Waals surface area contributed by atoms with E-state index < -0.39 is 0 Å². The maximum Gasteiger partial charge on any atom is 0.262 e. The number of hydrogen-bond acceptors (Lipinski definition) is 3. The molecule has 4 aromatic rings. The molecule has 0 fully saturated rings. The zero-order valence-corrected chi connectivity index (χ0v) is 15.0. The van der Waals surface area contributed by atoms with Crippen LogP contribution in [0, 0.1) is 5.82 Å². The maximum absolute atomic E-state index is 14.2. The van der Waals surface area contributed by atoms with Crippen molar-refractivity contribution in [3.63, 3.8) is 0 Å². The van der Waals surface area contributed by atoms with Crippen LogP contribution in [0.15, 0.2) is 66.9 Å². The number of para-hydroxylation sites is 1. The fourth-order valence-corrected chi connectivity index (χ4v) is 3.80. The Morgan fingerprint density at radius 1 is 0.964 bits per heavy atom. The molecule has 0 saturated heterocycles. The van der Waals surface area contributed by atoms with Crippen molar-refractivity contribution in [1.82, 2.24) is 14.6 Å². The number of carbonyl (C=O) groups is 1. The molecule has 0 saturated carbocycles. The first-order valence-corrected chi connectivity index (χ1v) is 9.22. The van der Waals surface area contributed by atoms with Crippen LogP contribution in [-0.2, 0) is 6.42 Å². The maximum atomic E-state index is 14.2. The topological polar surface area (TPSA) is 50.5 Å². The third-order valence-corrected chi connectivity index (χ3v) is 5.14. The summed E-state index contributed by atoms with van der Waals surface area (Å²) in [5, 5.41) is 8.37. The predicted molar refractivity (Wildman–Crippen MR) is 105 cm³/mol. The van der Waals surface area contributed by atoms with Crippen molar-refractivity contribution >= 4 is 17.2 Å². The molecule has 2 aromatic heterocycles. The number of anilines is 1. The molecule has 6 heteroatoms. The van der Waals surface area contributed by atoms with Gasteiger partial charge in [-0.2, -0.15) is 0 Å². The summed E-state index contributed by atoms with van der Waals surface area (Å²) < 4.78 is 15.9. The Morgan fingerprint density at radius 2 is 1.79 bits per heavy atom. The van der Waals surface area contributed by atoms with Crippen molar-refractivity contribution < 1.29 is 9.18 Å². The van der Waals surface area contributed by atoms with E-state index in [-0.39, 0.29) is 11.7 Å². The molecule has 28 heavy (non-hydrogen) atoms. The van der Waals surface area contributed by atoms with E-state index in [9.17, 15) is 9.18 Å². The average molecular weight is 372 g/mol. The number of nitrogens with zero attached hydrogens (tertiary/aromatic N) is 4. The van der Waals surface area contributed by atoms with Crippen LogP contribution in [0.25, 0.3) is 17.0 Å². The summed E-state index contributed by atoms with van der Waals surface area (Å²) in [5.74, 6) is -0.120. The Morgan fingerprint density at radius 3 is 2.68 bits per heavy atom. The second-order valence-electron chi connectivity index (χ2n) is 6.81. The monoisotopic (exact) mass is 372 g/mol. The van der Waals surface area contributed by atoms with Gasteiger partial charge in [-0.3, -0.25) is 9.20 Å². The van der Waals surface area contributed by atoms with Crippen molar-refractivity contribution in [1.29, 1.82) is 0 Å². The molecule has 1 aliphatic rings. The molecule has 138 valence electrons. The molecule has 0 radical (unpaired) electrons. The average Bonchev–Trinajstić information content (AvgIpc) is 3.17. The summed E-state index contributed by atoms with van der Waals surface area (Å²) in [7, 11) is 0. The van der Waals surface area contributed by atoms with E-state index in [1.807, 2.05) is 18.2 Å². The largest absolute Gasteiger partial charge is 0.308 e. The predicted octanol–water partition coefficient (Wildman–Crippen LogP) is 4.13.